The number of hydrogen-bond acceptors (Lipinski definition) is 5. The molecule has 0 aromatic rings. The molecule has 0 aromatic carbocycles. The van der Waals surface area contributed by atoms with Crippen LogP contribution in [0.5, 0.6) is 0 Å². The van der Waals surface area contributed by atoms with Crippen molar-refractivity contribution in [3.05, 3.63) is 0 Å². The van der Waals surface area contributed by atoms with Crippen molar-refractivity contribution in [1.82, 2.24) is 4.72 Å². The predicted octanol–water partition coefficient (Wildman–Crippen LogP) is -0.906. The van der Waals surface area contributed by atoms with Crippen LogP contribution in [0.2, 0.25) is 0 Å². The monoisotopic (exact) mass is 253 g/mol. The van der Waals surface area contributed by atoms with Crippen molar-refractivity contribution >= 4 is 10.0 Å². The van der Waals surface area contributed by atoms with Gasteiger partial charge in [0, 0.05) is 13.2 Å². The van der Waals surface area contributed by atoms with Gasteiger partial charge in [-0.05, 0) is 12.8 Å². The van der Waals surface area contributed by atoms with Gasteiger partial charge in [0.15, 0.2) is 0 Å². The summed E-state index contributed by atoms with van der Waals surface area (Å²) >= 11 is 0. The van der Waals surface area contributed by atoms with Crippen molar-refractivity contribution in [3.8, 4) is 0 Å². The molecule has 1 aliphatic heterocycles. The number of ether oxygens (including phenoxy) is 2. The highest BCUT2D eigenvalue weighted by atomic mass is 32.2. The van der Waals surface area contributed by atoms with E-state index < -0.39 is 10.0 Å². The van der Waals surface area contributed by atoms with E-state index in [1.54, 1.807) is 0 Å². The Morgan fingerprint density at radius 3 is 2.75 bits per heavy atom. The lowest BCUT2D eigenvalue weighted by molar-refractivity contribution is -0.0846. The highest BCUT2D eigenvalue weighted by molar-refractivity contribution is 7.89. The molecule has 0 bridgehead atoms. The minimum Gasteiger partial charge on any atom is -0.396 e. The normalized spacial score (nSPS) is 22.2. The summed E-state index contributed by atoms with van der Waals surface area (Å²) in [6.07, 6.45) is 0.777. The molecule has 96 valence electrons. The zero-order chi connectivity index (χ0) is 11.9. The van der Waals surface area contributed by atoms with Crippen LogP contribution in [0.4, 0.5) is 0 Å². The summed E-state index contributed by atoms with van der Waals surface area (Å²) in [6.45, 7) is 1.78. The highest BCUT2D eigenvalue weighted by Gasteiger charge is 2.17. The first-order valence-electron chi connectivity index (χ1n) is 5.41. The first-order chi connectivity index (χ1) is 7.64. The molecule has 6 nitrogen and oxygen atoms in total. The van der Waals surface area contributed by atoms with Crippen molar-refractivity contribution < 1.29 is 23.0 Å². The molecule has 0 amide bonds. The second-order valence-electron chi connectivity index (χ2n) is 3.67. The van der Waals surface area contributed by atoms with Crippen molar-refractivity contribution in [2.45, 2.75) is 18.9 Å². The minimum atomic E-state index is -3.25. The molecule has 1 heterocycles. The van der Waals surface area contributed by atoms with Gasteiger partial charge in [-0.15, -0.1) is 0 Å². The Morgan fingerprint density at radius 1 is 1.31 bits per heavy atom. The van der Waals surface area contributed by atoms with Crippen LogP contribution in [0.1, 0.15) is 12.8 Å². The third kappa shape index (κ3) is 5.76. The molecule has 1 aliphatic rings. The molecule has 1 atom stereocenters. The van der Waals surface area contributed by atoms with Gasteiger partial charge in [0.1, 0.15) is 0 Å². The lowest BCUT2D eigenvalue weighted by Gasteiger charge is -2.22. The zero-order valence-electron chi connectivity index (χ0n) is 9.22. The molecular weight excluding hydrogens is 234 g/mol. The Balaban J connectivity index is 2.18. The van der Waals surface area contributed by atoms with Crippen LogP contribution in [0.25, 0.3) is 0 Å². The zero-order valence-corrected chi connectivity index (χ0v) is 10.0. The maximum Gasteiger partial charge on any atom is 0.211 e. The summed E-state index contributed by atoms with van der Waals surface area (Å²) in [4.78, 5) is 0. The number of sulfonamides is 1. The highest BCUT2D eigenvalue weighted by Crippen LogP contribution is 2.00. The molecule has 0 aliphatic carbocycles. The minimum absolute atomic E-state index is 0.0229. The third-order valence-corrected chi connectivity index (χ3v) is 3.67. The lowest BCUT2D eigenvalue weighted by atomic mass is 10.3. The van der Waals surface area contributed by atoms with Gasteiger partial charge in [0.25, 0.3) is 0 Å². The number of unbranched alkanes of at least 4 members (excludes halogenated alkanes) is 1. The number of aliphatic hydroxyl groups is 1. The summed E-state index contributed by atoms with van der Waals surface area (Å²) in [5.41, 5.74) is 0. The van der Waals surface area contributed by atoms with Gasteiger partial charge in [0.2, 0.25) is 10.0 Å². The Bertz CT molecular complexity index is 274. The SMILES string of the molecule is O=S(=O)(CCCCO)NCC1COCCO1. The Kier molecular flexibility index (Phi) is 6.22. The molecule has 7 heteroatoms. The van der Waals surface area contributed by atoms with Crippen LogP contribution in [0, 0.1) is 0 Å². The molecule has 2 N–H and O–H groups in total. The van der Waals surface area contributed by atoms with E-state index in [-0.39, 0.29) is 25.0 Å². The Morgan fingerprint density at radius 2 is 2.12 bits per heavy atom. The molecular formula is C9H19NO5S. The predicted molar refractivity (Wildman–Crippen MR) is 58.7 cm³/mol. The summed E-state index contributed by atoms with van der Waals surface area (Å²) in [5, 5.41) is 8.55. The summed E-state index contributed by atoms with van der Waals surface area (Å²) in [7, 11) is -3.25. The molecule has 0 spiro atoms. The van der Waals surface area contributed by atoms with Crippen LogP contribution in [-0.2, 0) is 19.5 Å². The van der Waals surface area contributed by atoms with Crippen molar-refractivity contribution in [2.75, 3.05) is 38.7 Å². The van der Waals surface area contributed by atoms with Crippen LogP contribution >= 0.6 is 0 Å². The number of hydrogen-bond donors (Lipinski definition) is 2. The van der Waals surface area contributed by atoms with Gasteiger partial charge in [-0.2, -0.15) is 0 Å². The van der Waals surface area contributed by atoms with E-state index in [0.29, 0.717) is 32.7 Å². The van der Waals surface area contributed by atoms with Gasteiger partial charge < -0.3 is 14.6 Å². The molecule has 1 fully saturated rings. The smallest absolute Gasteiger partial charge is 0.211 e. The maximum absolute atomic E-state index is 11.5. The molecule has 1 saturated heterocycles. The van der Waals surface area contributed by atoms with E-state index in [0.717, 1.165) is 0 Å². The van der Waals surface area contributed by atoms with E-state index in [1.807, 2.05) is 0 Å². The van der Waals surface area contributed by atoms with E-state index in [4.69, 9.17) is 14.6 Å². The van der Waals surface area contributed by atoms with E-state index >= 15 is 0 Å². The number of aliphatic hydroxyl groups excluding tert-OH is 1. The van der Waals surface area contributed by atoms with Gasteiger partial charge >= 0.3 is 0 Å². The largest absolute Gasteiger partial charge is 0.396 e. The van der Waals surface area contributed by atoms with E-state index in [1.165, 1.54) is 0 Å². The molecule has 0 saturated carbocycles. The maximum atomic E-state index is 11.5. The molecule has 16 heavy (non-hydrogen) atoms. The lowest BCUT2D eigenvalue weighted by Crippen LogP contribution is -2.40. The Hall–Kier alpha value is -0.210. The summed E-state index contributed by atoms with van der Waals surface area (Å²) < 4.78 is 35.9. The van der Waals surface area contributed by atoms with Gasteiger partial charge in [0.05, 0.1) is 31.7 Å². The third-order valence-electron chi connectivity index (χ3n) is 2.24. The quantitative estimate of drug-likeness (QED) is 0.574. The number of nitrogens with one attached hydrogen (secondary N) is 1. The van der Waals surface area contributed by atoms with Gasteiger partial charge in [-0.25, -0.2) is 13.1 Å². The fraction of sp³-hybridized carbons (Fsp3) is 1.00. The average molecular weight is 253 g/mol. The van der Waals surface area contributed by atoms with Crippen molar-refractivity contribution in [1.29, 1.82) is 0 Å². The molecule has 1 rings (SSSR count). The standard InChI is InChI=1S/C9H19NO5S/c11-3-1-2-6-16(12,13)10-7-9-8-14-4-5-15-9/h9-11H,1-8H2. The number of rotatable bonds is 7. The van der Waals surface area contributed by atoms with Crippen LogP contribution in [0.3, 0.4) is 0 Å². The van der Waals surface area contributed by atoms with E-state index in [2.05, 4.69) is 4.72 Å². The van der Waals surface area contributed by atoms with Gasteiger partial charge in [-0.3, -0.25) is 0 Å². The van der Waals surface area contributed by atoms with Gasteiger partial charge in [-0.1, -0.05) is 0 Å². The van der Waals surface area contributed by atoms with Crippen LogP contribution in [0.15, 0.2) is 0 Å². The van der Waals surface area contributed by atoms with E-state index in [9.17, 15) is 8.42 Å². The fourth-order valence-corrected chi connectivity index (χ4v) is 2.52. The summed E-state index contributed by atoms with van der Waals surface area (Å²) in [5.74, 6) is 0.0428. The molecule has 0 radical (unpaired) electrons. The van der Waals surface area contributed by atoms with Crippen LogP contribution < -0.4 is 4.72 Å². The molecule has 1 unspecified atom stereocenters. The first-order valence-corrected chi connectivity index (χ1v) is 7.07. The second kappa shape index (κ2) is 7.18. The van der Waals surface area contributed by atoms with Crippen LogP contribution in [-0.4, -0.2) is 58.4 Å². The first kappa shape index (κ1) is 13.9. The van der Waals surface area contributed by atoms with Crippen molar-refractivity contribution in [2.24, 2.45) is 0 Å². The summed E-state index contributed by atoms with van der Waals surface area (Å²) in [6, 6.07) is 0. The second-order valence-corrected chi connectivity index (χ2v) is 5.59. The molecule has 0 aromatic heterocycles. The average Bonchev–Trinajstić information content (AvgIpc) is 2.28. The topological polar surface area (TPSA) is 84.9 Å². The fourth-order valence-electron chi connectivity index (χ4n) is 1.35. The van der Waals surface area contributed by atoms with Crippen molar-refractivity contribution in [3.63, 3.8) is 0 Å². The Labute approximate surface area is 96.0 Å².